The average molecular weight is 363 g/mol. The largest absolute Gasteiger partial charge is 0.450 e. The maximum Gasteiger partial charge on any atom is 0.409 e. The Kier molecular flexibility index (Phi) is 5.47. The summed E-state index contributed by atoms with van der Waals surface area (Å²) in [6.07, 6.45) is 0.382. The molecule has 0 bridgehead atoms. The van der Waals surface area contributed by atoms with Crippen molar-refractivity contribution in [1.29, 1.82) is 0 Å². The molecule has 3 amide bonds. The number of nitrogens with one attached hydrogen (secondary N) is 1. The lowest BCUT2D eigenvalue weighted by Crippen LogP contribution is -2.37. The highest BCUT2D eigenvalue weighted by Gasteiger charge is 2.24. The molecule has 3 rings (SSSR count). The second-order valence-electron chi connectivity index (χ2n) is 5.88. The summed E-state index contributed by atoms with van der Waals surface area (Å²) in [5.74, 6) is 0.260. The van der Waals surface area contributed by atoms with Crippen LogP contribution in [0.3, 0.4) is 0 Å². The van der Waals surface area contributed by atoms with Crippen molar-refractivity contribution in [3.8, 4) is 0 Å². The van der Waals surface area contributed by atoms with Crippen LogP contribution in [0.1, 0.15) is 23.7 Å². The molecule has 0 unspecified atom stereocenters. The van der Waals surface area contributed by atoms with E-state index in [4.69, 9.17) is 4.74 Å². The van der Waals surface area contributed by atoms with Gasteiger partial charge in [-0.05, 0) is 31.5 Å². The summed E-state index contributed by atoms with van der Waals surface area (Å²) in [5.41, 5.74) is 1.24. The zero-order valence-electron chi connectivity index (χ0n) is 14.1. The van der Waals surface area contributed by atoms with Crippen molar-refractivity contribution in [2.24, 2.45) is 0 Å². The molecular weight excluding hydrogens is 342 g/mol. The monoisotopic (exact) mass is 363 g/mol. The SMILES string of the molecule is CCOC(=O)N1CCCN(C(=O)c2ccc3c(c2)NC(=O)CS3)CC1. The van der Waals surface area contributed by atoms with Gasteiger partial charge in [0.1, 0.15) is 0 Å². The Bertz CT molecular complexity index is 694. The molecule has 0 aromatic heterocycles. The molecule has 0 aliphatic carbocycles. The minimum Gasteiger partial charge on any atom is -0.450 e. The van der Waals surface area contributed by atoms with Gasteiger partial charge in [0.2, 0.25) is 5.91 Å². The van der Waals surface area contributed by atoms with Gasteiger partial charge in [0, 0.05) is 36.6 Å². The van der Waals surface area contributed by atoms with E-state index in [1.807, 2.05) is 6.07 Å². The summed E-state index contributed by atoms with van der Waals surface area (Å²) in [5, 5.41) is 2.81. The van der Waals surface area contributed by atoms with Gasteiger partial charge in [-0.3, -0.25) is 9.59 Å². The fourth-order valence-corrected chi connectivity index (χ4v) is 3.71. The van der Waals surface area contributed by atoms with Gasteiger partial charge in [-0.15, -0.1) is 11.8 Å². The van der Waals surface area contributed by atoms with Crippen LogP contribution in [0.2, 0.25) is 0 Å². The van der Waals surface area contributed by atoms with Gasteiger partial charge in [0.15, 0.2) is 0 Å². The summed E-state index contributed by atoms with van der Waals surface area (Å²) in [7, 11) is 0. The summed E-state index contributed by atoms with van der Waals surface area (Å²) < 4.78 is 5.03. The van der Waals surface area contributed by atoms with E-state index < -0.39 is 0 Å². The van der Waals surface area contributed by atoms with E-state index in [-0.39, 0.29) is 17.9 Å². The first-order valence-electron chi connectivity index (χ1n) is 8.36. The van der Waals surface area contributed by atoms with Crippen LogP contribution in [0, 0.1) is 0 Å². The van der Waals surface area contributed by atoms with Gasteiger partial charge in [-0.25, -0.2) is 4.79 Å². The number of nitrogens with zero attached hydrogens (tertiary/aromatic N) is 2. The molecule has 0 radical (unpaired) electrons. The highest BCUT2D eigenvalue weighted by atomic mass is 32.2. The third-order valence-corrected chi connectivity index (χ3v) is 5.24. The molecular formula is C17H21N3O4S. The Morgan fingerprint density at radius 3 is 2.76 bits per heavy atom. The molecule has 2 aliphatic heterocycles. The van der Waals surface area contributed by atoms with Crippen LogP contribution in [0.4, 0.5) is 10.5 Å². The van der Waals surface area contributed by atoms with Crippen LogP contribution >= 0.6 is 11.8 Å². The first kappa shape index (κ1) is 17.6. The number of benzene rings is 1. The van der Waals surface area contributed by atoms with Crippen LogP contribution < -0.4 is 5.32 Å². The number of carbonyl (C=O) groups excluding carboxylic acids is 3. The summed E-state index contributed by atoms with van der Waals surface area (Å²) in [6, 6.07) is 5.39. The van der Waals surface area contributed by atoms with Crippen molar-refractivity contribution in [3.05, 3.63) is 23.8 Å². The zero-order valence-corrected chi connectivity index (χ0v) is 14.9. The fraction of sp³-hybridized carbons (Fsp3) is 0.471. The molecule has 1 fully saturated rings. The fourth-order valence-electron chi connectivity index (χ4n) is 2.92. The molecule has 0 spiro atoms. The molecule has 8 heteroatoms. The number of thioether (sulfide) groups is 1. The number of hydrogen-bond acceptors (Lipinski definition) is 5. The van der Waals surface area contributed by atoms with Gasteiger partial charge in [-0.2, -0.15) is 0 Å². The zero-order chi connectivity index (χ0) is 17.8. The number of hydrogen-bond donors (Lipinski definition) is 1. The first-order chi connectivity index (χ1) is 12.1. The lowest BCUT2D eigenvalue weighted by atomic mass is 10.1. The standard InChI is InChI=1S/C17H21N3O4S/c1-2-24-17(23)20-7-3-6-19(8-9-20)16(22)12-4-5-14-13(10-12)18-15(21)11-25-14/h4-5,10H,2-3,6-9,11H2,1H3,(H,18,21). The smallest absolute Gasteiger partial charge is 0.409 e. The molecule has 1 N–H and O–H groups in total. The summed E-state index contributed by atoms with van der Waals surface area (Å²) in [4.78, 5) is 40.5. The van der Waals surface area contributed by atoms with Crippen LogP contribution in [-0.4, -0.2) is 66.2 Å². The average Bonchev–Trinajstić information content (AvgIpc) is 2.87. The maximum atomic E-state index is 12.8. The predicted octanol–water partition coefficient (Wildman–Crippen LogP) is 2.04. The number of fused-ring (bicyclic) bond motifs is 1. The summed E-state index contributed by atoms with van der Waals surface area (Å²) >= 11 is 1.47. The van der Waals surface area contributed by atoms with Gasteiger partial charge in [0.05, 0.1) is 18.0 Å². The molecule has 25 heavy (non-hydrogen) atoms. The van der Waals surface area contributed by atoms with Crippen molar-refractivity contribution in [3.63, 3.8) is 0 Å². The maximum absolute atomic E-state index is 12.8. The van der Waals surface area contributed by atoms with Crippen LogP contribution in [-0.2, 0) is 9.53 Å². The van der Waals surface area contributed by atoms with Gasteiger partial charge < -0.3 is 19.9 Å². The van der Waals surface area contributed by atoms with E-state index in [1.54, 1.807) is 28.9 Å². The Labute approximate surface area is 150 Å². The number of rotatable bonds is 2. The van der Waals surface area contributed by atoms with E-state index in [1.165, 1.54) is 11.8 Å². The quantitative estimate of drug-likeness (QED) is 0.870. The van der Waals surface area contributed by atoms with Gasteiger partial charge >= 0.3 is 6.09 Å². The third-order valence-electron chi connectivity index (χ3n) is 4.17. The molecule has 134 valence electrons. The van der Waals surface area contributed by atoms with Crippen molar-refractivity contribution in [2.45, 2.75) is 18.2 Å². The van der Waals surface area contributed by atoms with Crippen molar-refractivity contribution in [1.82, 2.24) is 9.80 Å². The third kappa shape index (κ3) is 4.07. The minimum absolute atomic E-state index is 0.0538. The molecule has 0 atom stereocenters. The minimum atomic E-state index is -0.328. The van der Waals surface area contributed by atoms with Crippen LogP contribution in [0.15, 0.2) is 23.1 Å². The van der Waals surface area contributed by atoms with Crippen molar-refractivity contribution < 1.29 is 19.1 Å². The van der Waals surface area contributed by atoms with Gasteiger partial charge in [0.25, 0.3) is 5.91 Å². The molecule has 1 aromatic rings. The van der Waals surface area contributed by atoms with E-state index in [0.29, 0.717) is 56.2 Å². The Morgan fingerprint density at radius 2 is 1.96 bits per heavy atom. The van der Waals surface area contributed by atoms with E-state index in [0.717, 1.165) is 4.90 Å². The highest BCUT2D eigenvalue weighted by Crippen LogP contribution is 2.32. The molecule has 1 saturated heterocycles. The normalized spacial score (nSPS) is 17.4. The lowest BCUT2D eigenvalue weighted by Gasteiger charge is -2.23. The molecule has 0 saturated carbocycles. The number of carbonyl (C=O) groups is 3. The second-order valence-corrected chi connectivity index (χ2v) is 6.90. The highest BCUT2D eigenvalue weighted by molar-refractivity contribution is 8.00. The van der Waals surface area contributed by atoms with E-state index in [2.05, 4.69) is 5.32 Å². The summed E-state index contributed by atoms with van der Waals surface area (Å²) in [6.45, 7) is 4.22. The lowest BCUT2D eigenvalue weighted by molar-refractivity contribution is -0.113. The molecule has 2 aliphatic rings. The Balaban J connectivity index is 1.68. The number of anilines is 1. The van der Waals surface area contributed by atoms with E-state index in [9.17, 15) is 14.4 Å². The Hall–Kier alpha value is -2.22. The predicted molar refractivity (Wildman–Crippen MR) is 94.9 cm³/mol. The molecule has 7 nitrogen and oxygen atoms in total. The van der Waals surface area contributed by atoms with Crippen LogP contribution in [0.25, 0.3) is 0 Å². The van der Waals surface area contributed by atoms with Crippen molar-refractivity contribution >= 4 is 35.4 Å². The van der Waals surface area contributed by atoms with Crippen molar-refractivity contribution in [2.75, 3.05) is 43.9 Å². The number of amides is 3. The second kappa shape index (κ2) is 7.77. The van der Waals surface area contributed by atoms with Gasteiger partial charge in [-0.1, -0.05) is 0 Å². The topological polar surface area (TPSA) is 79.0 Å². The molecule has 1 aromatic carbocycles. The Morgan fingerprint density at radius 1 is 1.20 bits per heavy atom. The van der Waals surface area contributed by atoms with E-state index >= 15 is 0 Å². The number of ether oxygens (including phenoxy) is 1. The molecule has 2 heterocycles. The van der Waals surface area contributed by atoms with Crippen LogP contribution in [0.5, 0.6) is 0 Å². The first-order valence-corrected chi connectivity index (χ1v) is 9.34.